The molecule has 6 nitrogen and oxygen atoms in total. The third-order valence-electron chi connectivity index (χ3n) is 4.55. The van der Waals surface area contributed by atoms with E-state index >= 15 is 0 Å². The zero-order chi connectivity index (χ0) is 23.3. The lowest BCUT2D eigenvalue weighted by Crippen LogP contribution is -2.26. The van der Waals surface area contributed by atoms with Gasteiger partial charge in [0.2, 0.25) is 0 Å². The highest BCUT2D eigenvalue weighted by atomic mass is 35.5. The number of nitrogens with one attached hydrogen (secondary N) is 2. The van der Waals surface area contributed by atoms with Crippen LogP contribution >= 0.6 is 11.6 Å². The van der Waals surface area contributed by atoms with Crippen molar-refractivity contribution < 1.29 is 28.2 Å². The van der Waals surface area contributed by atoms with Gasteiger partial charge >= 0.3 is 0 Å². The number of ketones is 1. The maximum atomic E-state index is 13.9. The standard InChI is InChI=1S/C23H19ClF2N2O4/c1-32-20-8-5-13(23(31)27-9-10-29)11-16(20)22(30)15-7-6-14(12-17(15)24)28-21-18(25)3-2-4-19(21)26/h2-8,11-12,28-29H,9-10H2,1H3,(H,27,31). The summed E-state index contributed by atoms with van der Waals surface area (Å²) in [4.78, 5) is 25.3. The number of methoxy groups -OCH3 is 1. The first-order chi connectivity index (χ1) is 15.3. The number of anilines is 2. The van der Waals surface area contributed by atoms with Gasteiger partial charge in [0.1, 0.15) is 23.1 Å². The second kappa shape index (κ2) is 10.2. The van der Waals surface area contributed by atoms with Crippen LogP contribution < -0.4 is 15.4 Å². The molecule has 0 saturated heterocycles. The van der Waals surface area contributed by atoms with Crippen LogP contribution in [0.15, 0.2) is 54.6 Å². The maximum Gasteiger partial charge on any atom is 0.251 e. The van der Waals surface area contributed by atoms with E-state index in [2.05, 4.69) is 10.6 Å². The number of hydrogen-bond acceptors (Lipinski definition) is 5. The van der Waals surface area contributed by atoms with Gasteiger partial charge in [-0.2, -0.15) is 0 Å². The first-order valence-electron chi connectivity index (χ1n) is 9.48. The summed E-state index contributed by atoms with van der Waals surface area (Å²) in [5.41, 5.74) is 0.349. The summed E-state index contributed by atoms with van der Waals surface area (Å²) >= 11 is 6.29. The number of benzene rings is 3. The summed E-state index contributed by atoms with van der Waals surface area (Å²) in [5.74, 6) is -2.29. The molecule has 0 radical (unpaired) electrons. The number of carbonyl (C=O) groups is 2. The van der Waals surface area contributed by atoms with Crippen molar-refractivity contribution in [3.63, 3.8) is 0 Å². The van der Waals surface area contributed by atoms with Crippen LogP contribution in [0.2, 0.25) is 5.02 Å². The molecule has 0 aliphatic rings. The monoisotopic (exact) mass is 460 g/mol. The number of carbonyl (C=O) groups excluding carboxylic acids is 2. The molecule has 0 aliphatic heterocycles. The molecule has 32 heavy (non-hydrogen) atoms. The van der Waals surface area contributed by atoms with Crippen LogP contribution in [0.5, 0.6) is 5.75 Å². The summed E-state index contributed by atoms with van der Waals surface area (Å²) in [6, 6.07) is 12.0. The van der Waals surface area contributed by atoms with Gasteiger partial charge in [0.25, 0.3) is 5.91 Å². The molecule has 0 atom stereocenters. The molecular formula is C23H19ClF2N2O4. The molecule has 1 amide bonds. The van der Waals surface area contributed by atoms with E-state index in [1.54, 1.807) is 0 Å². The Morgan fingerprint density at radius 3 is 2.38 bits per heavy atom. The van der Waals surface area contributed by atoms with Crippen LogP contribution in [0.1, 0.15) is 26.3 Å². The van der Waals surface area contributed by atoms with Gasteiger partial charge in [-0.25, -0.2) is 8.78 Å². The molecule has 0 saturated carbocycles. The number of amides is 1. The number of aliphatic hydroxyl groups excluding tert-OH is 1. The SMILES string of the molecule is COc1ccc(C(=O)NCCO)cc1C(=O)c1ccc(Nc2c(F)cccc2F)cc1Cl. The molecule has 0 bridgehead atoms. The topological polar surface area (TPSA) is 87.7 Å². The van der Waals surface area contributed by atoms with Crippen molar-refractivity contribution in [1.29, 1.82) is 0 Å². The third kappa shape index (κ3) is 5.04. The summed E-state index contributed by atoms with van der Waals surface area (Å²) in [7, 11) is 1.38. The van der Waals surface area contributed by atoms with Gasteiger partial charge in [-0.3, -0.25) is 9.59 Å². The Bertz CT molecular complexity index is 1150. The molecule has 0 fully saturated rings. The van der Waals surface area contributed by atoms with Crippen molar-refractivity contribution in [1.82, 2.24) is 5.32 Å². The minimum absolute atomic E-state index is 0.0361. The van der Waals surface area contributed by atoms with Crippen LogP contribution in [0.25, 0.3) is 0 Å². The average Bonchev–Trinajstić information content (AvgIpc) is 2.79. The molecule has 9 heteroatoms. The van der Waals surface area contributed by atoms with Crippen molar-refractivity contribution in [2.45, 2.75) is 0 Å². The van der Waals surface area contributed by atoms with E-state index in [1.807, 2.05) is 0 Å². The molecule has 0 aliphatic carbocycles. The average molecular weight is 461 g/mol. The van der Waals surface area contributed by atoms with E-state index in [1.165, 1.54) is 49.6 Å². The first-order valence-corrected chi connectivity index (χ1v) is 9.86. The smallest absolute Gasteiger partial charge is 0.251 e. The van der Waals surface area contributed by atoms with Crippen LogP contribution in [-0.2, 0) is 0 Å². The van der Waals surface area contributed by atoms with Crippen molar-refractivity contribution in [2.24, 2.45) is 0 Å². The third-order valence-corrected chi connectivity index (χ3v) is 4.86. The van der Waals surface area contributed by atoms with Gasteiger partial charge in [-0.05, 0) is 48.5 Å². The lowest BCUT2D eigenvalue weighted by atomic mass is 9.99. The Balaban J connectivity index is 1.91. The van der Waals surface area contributed by atoms with E-state index in [4.69, 9.17) is 21.4 Å². The molecule has 166 valence electrons. The number of halogens is 3. The van der Waals surface area contributed by atoms with Gasteiger partial charge in [-0.15, -0.1) is 0 Å². The minimum Gasteiger partial charge on any atom is -0.496 e. The van der Waals surface area contributed by atoms with Crippen molar-refractivity contribution in [3.8, 4) is 5.75 Å². The number of rotatable bonds is 8. The second-order valence-electron chi connectivity index (χ2n) is 6.64. The zero-order valence-electron chi connectivity index (χ0n) is 16.9. The minimum atomic E-state index is -0.776. The predicted molar refractivity (Wildman–Crippen MR) is 117 cm³/mol. The van der Waals surface area contributed by atoms with E-state index < -0.39 is 23.3 Å². The van der Waals surface area contributed by atoms with Gasteiger partial charge in [0.15, 0.2) is 5.78 Å². The summed E-state index contributed by atoms with van der Waals surface area (Å²) in [6.45, 7) is -0.155. The molecule has 3 rings (SSSR count). The number of hydrogen-bond donors (Lipinski definition) is 3. The Morgan fingerprint density at radius 1 is 1.03 bits per heavy atom. The lowest BCUT2D eigenvalue weighted by Gasteiger charge is -2.13. The fourth-order valence-corrected chi connectivity index (χ4v) is 3.25. The Kier molecular flexibility index (Phi) is 7.40. The molecular weight excluding hydrogens is 442 g/mol. The van der Waals surface area contributed by atoms with Gasteiger partial charge in [0, 0.05) is 23.4 Å². The van der Waals surface area contributed by atoms with Gasteiger partial charge in [-0.1, -0.05) is 17.7 Å². The van der Waals surface area contributed by atoms with Crippen LogP contribution in [0.4, 0.5) is 20.2 Å². The highest BCUT2D eigenvalue weighted by Crippen LogP contribution is 2.30. The number of para-hydroxylation sites is 1. The normalized spacial score (nSPS) is 10.5. The Hall–Kier alpha value is -3.49. The largest absolute Gasteiger partial charge is 0.496 e. The highest BCUT2D eigenvalue weighted by Gasteiger charge is 2.20. The molecule has 0 heterocycles. The lowest BCUT2D eigenvalue weighted by molar-refractivity contribution is 0.0944. The van der Waals surface area contributed by atoms with E-state index in [0.29, 0.717) is 0 Å². The summed E-state index contributed by atoms with van der Waals surface area (Å²) in [5, 5.41) is 14.0. The van der Waals surface area contributed by atoms with Crippen molar-refractivity contribution >= 4 is 34.7 Å². The van der Waals surface area contributed by atoms with Gasteiger partial charge in [0.05, 0.1) is 24.3 Å². The molecule has 0 aromatic heterocycles. The van der Waals surface area contributed by atoms with Crippen LogP contribution in [0, 0.1) is 11.6 Å². The first kappa shape index (κ1) is 23.2. The van der Waals surface area contributed by atoms with E-state index in [-0.39, 0.29) is 52.0 Å². The Labute approximate surface area is 187 Å². The van der Waals surface area contributed by atoms with Crippen LogP contribution in [0.3, 0.4) is 0 Å². The number of aliphatic hydroxyl groups is 1. The molecule has 3 N–H and O–H groups in total. The van der Waals surface area contributed by atoms with Crippen molar-refractivity contribution in [2.75, 3.05) is 25.6 Å². The Morgan fingerprint density at radius 2 is 1.75 bits per heavy atom. The summed E-state index contributed by atoms with van der Waals surface area (Å²) < 4.78 is 33.0. The molecule has 3 aromatic carbocycles. The number of ether oxygens (including phenoxy) is 1. The van der Waals surface area contributed by atoms with Crippen molar-refractivity contribution in [3.05, 3.63) is 87.9 Å². The maximum absolute atomic E-state index is 13.9. The molecule has 0 spiro atoms. The van der Waals surface area contributed by atoms with Gasteiger partial charge < -0.3 is 20.5 Å². The second-order valence-corrected chi connectivity index (χ2v) is 7.05. The quantitative estimate of drug-likeness (QED) is 0.436. The molecule has 3 aromatic rings. The fraction of sp³-hybridized carbons (Fsp3) is 0.130. The van der Waals surface area contributed by atoms with E-state index in [9.17, 15) is 18.4 Å². The van der Waals surface area contributed by atoms with E-state index in [0.717, 1.165) is 12.1 Å². The summed E-state index contributed by atoms with van der Waals surface area (Å²) in [6.07, 6.45) is 0. The molecule has 0 unspecified atom stereocenters. The fourth-order valence-electron chi connectivity index (χ4n) is 2.98. The predicted octanol–water partition coefficient (Wildman–Crippen LogP) is 4.32. The van der Waals surface area contributed by atoms with Crippen LogP contribution in [-0.4, -0.2) is 37.1 Å². The highest BCUT2D eigenvalue weighted by molar-refractivity contribution is 6.35. The zero-order valence-corrected chi connectivity index (χ0v) is 17.7.